The predicted octanol–water partition coefficient (Wildman–Crippen LogP) is 2.45. The van der Waals surface area contributed by atoms with E-state index in [4.69, 9.17) is 5.73 Å². The molecule has 4 nitrogen and oxygen atoms in total. The summed E-state index contributed by atoms with van der Waals surface area (Å²) in [6.07, 6.45) is 2.58. The summed E-state index contributed by atoms with van der Waals surface area (Å²) >= 11 is 0. The molecule has 2 heterocycles. The lowest BCUT2D eigenvalue weighted by Gasteiger charge is -2.05. The van der Waals surface area contributed by atoms with Crippen molar-refractivity contribution in [3.63, 3.8) is 0 Å². The Balaban J connectivity index is 2.01. The van der Waals surface area contributed by atoms with Gasteiger partial charge in [0.2, 0.25) is 0 Å². The second kappa shape index (κ2) is 4.39. The van der Waals surface area contributed by atoms with E-state index >= 15 is 0 Å². The summed E-state index contributed by atoms with van der Waals surface area (Å²) in [6.45, 7) is 1.97. The number of hydrogen-bond donors (Lipinski definition) is 1. The van der Waals surface area contributed by atoms with Crippen LogP contribution in [-0.2, 0) is 13.5 Å². The van der Waals surface area contributed by atoms with Gasteiger partial charge in [0.1, 0.15) is 11.6 Å². The van der Waals surface area contributed by atoms with E-state index < -0.39 is 0 Å². The Morgan fingerprint density at radius 2 is 2.05 bits per heavy atom. The minimum atomic E-state index is 0.591. The van der Waals surface area contributed by atoms with Crippen LogP contribution in [0.2, 0.25) is 0 Å². The predicted molar refractivity (Wildman–Crippen MR) is 76.9 cm³/mol. The Morgan fingerprint density at radius 1 is 1.26 bits per heavy atom. The van der Waals surface area contributed by atoms with Gasteiger partial charge in [0, 0.05) is 19.7 Å². The van der Waals surface area contributed by atoms with Crippen LogP contribution in [0.3, 0.4) is 0 Å². The lowest BCUT2D eigenvalue weighted by atomic mass is 10.1. The average molecular weight is 252 g/mol. The van der Waals surface area contributed by atoms with Crippen molar-refractivity contribution in [3.05, 3.63) is 53.5 Å². The molecular weight excluding hydrogens is 236 g/mol. The third kappa shape index (κ3) is 2.05. The standard InChI is InChI=1S/C15H16N4/c1-10-7-11(9-17-15(10)16)8-14-18-12-5-3-4-6-13(12)19(14)2/h3-7,9H,8H2,1-2H3,(H2,16,17). The Labute approximate surface area is 111 Å². The van der Waals surface area contributed by atoms with Crippen molar-refractivity contribution in [1.29, 1.82) is 0 Å². The second-order valence-electron chi connectivity index (χ2n) is 4.80. The van der Waals surface area contributed by atoms with Crippen molar-refractivity contribution in [3.8, 4) is 0 Å². The molecule has 0 bridgehead atoms. The number of aryl methyl sites for hydroxylation is 2. The number of pyridine rings is 1. The zero-order valence-corrected chi connectivity index (χ0v) is 11.1. The van der Waals surface area contributed by atoms with E-state index in [1.54, 1.807) is 0 Å². The van der Waals surface area contributed by atoms with Crippen molar-refractivity contribution in [1.82, 2.24) is 14.5 Å². The summed E-state index contributed by atoms with van der Waals surface area (Å²) in [6, 6.07) is 10.2. The van der Waals surface area contributed by atoms with Crippen LogP contribution < -0.4 is 5.73 Å². The first-order valence-corrected chi connectivity index (χ1v) is 6.26. The Kier molecular flexibility index (Phi) is 2.71. The zero-order chi connectivity index (χ0) is 13.4. The summed E-state index contributed by atoms with van der Waals surface area (Å²) in [5.74, 6) is 1.63. The molecule has 96 valence electrons. The Bertz CT molecular complexity index is 743. The molecule has 4 heteroatoms. The van der Waals surface area contributed by atoms with Gasteiger partial charge in [-0.2, -0.15) is 0 Å². The van der Waals surface area contributed by atoms with Crippen LogP contribution in [0.5, 0.6) is 0 Å². The summed E-state index contributed by atoms with van der Waals surface area (Å²) in [7, 11) is 2.04. The van der Waals surface area contributed by atoms with E-state index in [9.17, 15) is 0 Å². The number of nitrogens with two attached hydrogens (primary N) is 1. The highest BCUT2D eigenvalue weighted by atomic mass is 15.1. The number of imidazole rings is 1. The van der Waals surface area contributed by atoms with Crippen LogP contribution in [0.4, 0.5) is 5.82 Å². The minimum absolute atomic E-state index is 0.591. The molecule has 0 saturated heterocycles. The third-order valence-corrected chi connectivity index (χ3v) is 3.42. The number of benzene rings is 1. The van der Waals surface area contributed by atoms with Crippen molar-refractivity contribution < 1.29 is 0 Å². The molecule has 0 radical (unpaired) electrons. The van der Waals surface area contributed by atoms with E-state index in [1.165, 1.54) is 0 Å². The zero-order valence-electron chi connectivity index (χ0n) is 11.1. The van der Waals surface area contributed by atoms with E-state index in [1.807, 2.05) is 38.4 Å². The van der Waals surface area contributed by atoms with Crippen molar-refractivity contribution in [2.24, 2.45) is 7.05 Å². The van der Waals surface area contributed by atoms with Crippen molar-refractivity contribution >= 4 is 16.9 Å². The lowest BCUT2D eigenvalue weighted by molar-refractivity contribution is 0.842. The van der Waals surface area contributed by atoms with Gasteiger partial charge in [-0.05, 0) is 30.2 Å². The summed E-state index contributed by atoms with van der Waals surface area (Å²) in [5, 5.41) is 0. The quantitative estimate of drug-likeness (QED) is 0.762. The van der Waals surface area contributed by atoms with Gasteiger partial charge in [0.15, 0.2) is 0 Å². The number of nitrogens with zero attached hydrogens (tertiary/aromatic N) is 3. The monoisotopic (exact) mass is 252 g/mol. The number of anilines is 1. The maximum Gasteiger partial charge on any atom is 0.126 e. The van der Waals surface area contributed by atoms with Crippen LogP contribution in [-0.4, -0.2) is 14.5 Å². The minimum Gasteiger partial charge on any atom is -0.383 e. The fourth-order valence-electron chi connectivity index (χ4n) is 2.28. The van der Waals surface area contributed by atoms with Gasteiger partial charge in [0.05, 0.1) is 11.0 Å². The second-order valence-corrected chi connectivity index (χ2v) is 4.80. The average Bonchev–Trinajstić information content (AvgIpc) is 2.72. The van der Waals surface area contributed by atoms with E-state index in [-0.39, 0.29) is 0 Å². The van der Waals surface area contributed by atoms with Crippen LogP contribution in [0.1, 0.15) is 17.0 Å². The molecular formula is C15H16N4. The molecule has 1 aromatic carbocycles. The first-order chi connectivity index (χ1) is 9.15. The largest absolute Gasteiger partial charge is 0.383 e. The van der Waals surface area contributed by atoms with Crippen molar-refractivity contribution in [2.45, 2.75) is 13.3 Å². The number of nitrogen functional groups attached to an aromatic ring is 1. The summed E-state index contributed by atoms with van der Waals surface area (Å²) < 4.78 is 2.13. The molecule has 3 aromatic rings. The number of rotatable bonds is 2. The molecule has 0 atom stereocenters. The highest BCUT2D eigenvalue weighted by Gasteiger charge is 2.08. The number of hydrogen-bond acceptors (Lipinski definition) is 3. The van der Waals surface area contributed by atoms with Gasteiger partial charge in [-0.15, -0.1) is 0 Å². The molecule has 0 aliphatic carbocycles. The molecule has 2 aromatic heterocycles. The molecule has 0 saturated carbocycles. The fourth-order valence-corrected chi connectivity index (χ4v) is 2.28. The van der Waals surface area contributed by atoms with Gasteiger partial charge in [-0.25, -0.2) is 9.97 Å². The Hall–Kier alpha value is -2.36. The smallest absolute Gasteiger partial charge is 0.126 e. The normalized spacial score (nSPS) is 11.1. The molecule has 3 rings (SSSR count). The topological polar surface area (TPSA) is 56.7 Å². The molecule has 0 aliphatic heterocycles. The molecule has 19 heavy (non-hydrogen) atoms. The molecule has 0 fully saturated rings. The van der Waals surface area contributed by atoms with Crippen LogP contribution in [0, 0.1) is 6.92 Å². The van der Waals surface area contributed by atoms with Crippen LogP contribution in [0.25, 0.3) is 11.0 Å². The Morgan fingerprint density at radius 3 is 2.79 bits per heavy atom. The van der Waals surface area contributed by atoms with Crippen LogP contribution >= 0.6 is 0 Å². The molecule has 2 N–H and O–H groups in total. The number of fused-ring (bicyclic) bond motifs is 1. The van der Waals surface area contributed by atoms with E-state index in [2.05, 4.69) is 26.7 Å². The first-order valence-electron chi connectivity index (χ1n) is 6.26. The number of aromatic nitrogens is 3. The van der Waals surface area contributed by atoms with Gasteiger partial charge in [0.25, 0.3) is 0 Å². The van der Waals surface area contributed by atoms with Gasteiger partial charge >= 0.3 is 0 Å². The van der Waals surface area contributed by atoms with Gasteiger partial charge in [-0.3, -0.25) is 0 Å². The molecule has 0 spiro atoms. The highest BCUT2D eigenvalue weighted by molar-refractivity contribution is 5.75. The third-order valence-electron chi connectivity index (χ3n) is 3.42. The van der Waals surface area contributed by atoms with E-state index in [0.717, 1.165) is 34.4 Å². The first kappa shape index (κ1) is 11.7. The lowest BCUT2D eigenvalue weighted by Crippen LogP contribution is -2.01. The van der Waals surface area contributed by atoms with Gasteiger partial charge < -0.3 is 10.3 Å². The van der Waals surface area contributed by atoms with E-state index in [0.29, 0.717) is 5.82 Å². The molecule has 0 unspecified atom stereocenters. The molecule has 0 aliphatic rings. The van der Waals surface area contributed by atoms with Crippen molar-refractivity contribution in [2.75, 3.05) is 5.73 Å². The summed E-state index contributed by atoms with van der Waals surface area (Å²) in [5.41, 5.74) is 10.1. The summed E-state index contributed by atoms with van der Waals surface area (Å²) in [4.78, 5) is 8.86. The maximum atomic E-state index is 5.74. The molecule has 0 amide bonds. The number of para-hydroxylation sites is 2. The van der Waals surface area contributed by atoms with Crippen LogP contribution in [0.15, 0.2) is 36.5 Å². The van der Waals surface area contributed by atoms with Gasteiger partial charge in [-0.1, -0.05) is 18.2 Å². The fraction of sp³-hybridized carbons (Fsp3) is 0.200. The maximum absolute atomic E-state index is 5.74. The highest BCUT2D eigenvalue weighted by Crippen LogP contribution is 2.18. The SMILES string of the molecule is Cc1cc(Cc2nc3ccccc3n2C)cnc1N.